The molecule has 1 aromatic heterocycles. The molecule has 0 spiro atoms. The summed E-state index contributed by atoms with van der Waals surface area (Å²) in [5.41, 5.74) is 6.44. The maximum atomic E-state index is 13.3. The van der Waals surface area contributed by atoms with Crippen molar-refractivity contribution >= 4 is 6.08 Å². The van der Waals surface area contributed by atoms with Gasteiger partial charge in [-0.05, 0) is 60.7 Å². The van der Waals surface area contributed by atoms with Crippen LogP contribution in [0.25, 0.3) is 11.8 Å². The first-order valence-electron chi connectivity index (χ1n) is 10.4. The Kier molecular flexibility index (Phi) is 4.59. The molecule has 29 heavy (non-hydrogen) atoms. The van der Waals surface area contributed by atoms with Crippen molar-refractivity contribution in [2.24, 2.45) is 5.41 Å². The molecule has 1 aliphatic carbocycles. The fourth-order valence-corrected chi connectivity index (χ4v) is 4.85. The Labute approximate surface area is 171 Å². The molecule has 0 radical (unpaired) electrons. The minimum Gasteiger partial charge on any atom is -0.302 e. The van der Waals surface area contributed by atoms with Crippen LogP contribution in [0.2, 0.25) is 0 Å². The van der Waals surface area contributed by atoms with Crippen molar-refractivity contribution in [3.63, 3.8) is 0 Å². The Morgan fingerprint density at radius 1 is 1.07 bits per heavy atom. The third-order valence-electron chi connectivity index (χ3n) is 6.45. The van der Waals surface area contributed by atoms with Gasteiger partial charge in [0.1, 0.15) is 5.82 Å². The molecule has 3 nitrogen and oxygen atoms in total. The summed E-state index contributed by atoms with van der Waals surface area (Å²) in [7, 11) is 0. The van der Waals surface area contributed by atoms with Crippen LogP contribution in [0, 0.1) is 11.2 Å². The summed E-state index contributed by atoms with van der Waals surface area (Å²) in [6.45, 7) is 5.70. The fraction of sp³-hybridized carbons (Fsp3) is 0.320. The van der Waals surface area contributed by atoms with Crippen molar-refractivity contribution in [3.8, 4) is 5.69 Å². The van der Waals surface area contributed by atoms with Crippen LogP contribution in [0.5, 0.6) is 0 Å². The number of halogens is 1. The summed E-state index contributed by atoms with van der Waals surface area (Å²) >= 11 is 0. The first-order valence-corrected chi connectivity index (χ1v) is 10.4. The van der Waals surface area contributed by atoms with Gasteiger partial charge in [0.15, 0.2) is 0 Å². The molecule has 1 fully saturated rings. The normalized spacial score (nSPS) is 21.4. The van der Waals surface area contributed by atoms with E-state index in [0.29, 0.717) is 0 Å². The molecule has 0 bridgehead atoms. The largest absolute Gasteiger partial charge is 0.302 e. The summed E-state index contributed by atoms with van der Waals surface area (Å²) in [6.07, 6.45) is 7.53. The second kappa shape index (κ2) is 7.27. The second-order valence-corrected chi connectivity index (χ2v) is 8.61. The highest BCUT2D eigenvalue weighted by Gasteiger charge is 2.39. The van der Waals surface area contributed by atoms with Gasteiger partial charge in [0, 0.05) is 25.0 Å². The minimum absolute atomic E-state index is 0.165. The van der Waals surface area contributed by atoms with Gasteiger partial charge in [0.25, 0.3) is 0 Å². The molecule has 2 aromatic carbocycles. The predicted molar refractivity (Wildman–Crippen MR) is 115 cm³/mol. The molecule has 0 unspecified atom stereocenters. The molecule has 1 atom stereocenters. The van der Waals surface area contributed by atoms with Gasteiger partial charge in [-0.15, -0.1) is 0 Å². The predicted octanol–water partition coefficient (Wildman–Crippen LogP) is 4.91. The molecule has 2 heterocycles. The van der Waals surface area contributed by atoms with Crippen LogP contribution >= 0.6 is 0 Å². The number of piperidine rings is 1. The van der Waals surface area contributed by atoms with Gasteiger partial charge in [-0.3, -0.25) is 0 Å². The zero-order valence-electron chi connectivity index (χ0n) is 16.8. The molecule has 0 amide bonds. The molecule has 0 saturated carbocycles. The third kappa shape index (κ3) is 3.53. The Morgan fingerprint density at radius 2 is 1.86 bits per heavy atom. The number of rotatable bonds is 4. The number of benzene rings is 2. The van der Waals surface area contributed by atoms with Crippen molar-refractivity contribution < 1.29 is 4.39 Å². The lowest BCUT2D eigenvalue weighted by Gasteiger charge is -2.44. The average molecular weight is 388 g/mol. The van der Waals surface area contributed by atoms with E-state index in [1.54, 1.807) is 12.1 Å². The molecule has 0 N–H and O–H groups in total. The summed E-state index contributed by atoms with van der Waals surface area (Å²) < 4.78 is 15.2. The Bertz CT molecular complexity index is 1040. The third-order valence-corrected chi connectivity index (χ3v) is 6.45. The Hall–Kier alpha value is -2.72. The van der Waals surface area contributed by atoms with Crippen LogP contribution in [0.1, 0.15) is 30.2 Å². The number of hydrogen-bond acceptors (Lipinski definition) is 2. The molecular weight excluding hydrogens is 361 g/mol. The van der Waals surface area contributed by atoms with E-state index in [1.807, 2.05) is 10.9 Å². The van der Waals surface area contributed by atoms with Gasteiger partial charge in [0.2, 0.25) is 0 Å². The van der Waals surface area contributed by atoms with Gasteiger partial charge in [0.05, 0.1) is 17.6 Å². The van der Waals surface area contributed by atoms with Crippen LogP contribution in [0.15, 0.2) is 66.4 Å². The van der Waals surface area contributed by atoms with E-state index in [9.17, 15) is 4.39 Å². The van der Waals surface area contributed by atoms with E-state index in [0.717, 1.165) is 50.3 Å². The zero-order valence-corrected chi connectivity index (χ0v) is 16.8. The monoisotopic (exact) mass is 387 g/mol. The first kappa shape index (κ1) is 18.3. The van der Waals surface area contributed by atoms with Crippen molar-refractivity contribution in [2.45, 2.75) is 26.2 Å². The molecule has 3 aromatic rings. The Balaban J connectivity index is 1.35. The van der Waals surface area contributed by atoms with Crippen LogP contribution in [0.3, 0.4) is 0 Å². The van der Waals surface area contributed by atoms with Crippen molar-refractivity contribution in [3.05, 3.63) is 89.0 Å². The summed E-state index contributed by atoms with van der Waals surface area (Å²) in [4.78, 5) is 2.61. The molecule has 1 saturated heterocycles. The quantitative estimate of drug-likeness (QED) is 0.635. The van der Waals surface area contributed by atoms with E-state index in [2.05, 4.69) is 53.3 Å². The van der Waals surface area contributed by atoms with Crippen molar-refractivity contribution in [1.82, 2.24) is 14.7 Å². The highest BCUT2D eigenvalue weighted by molar-refractivity contribution is 5.61. The van der Waals surface area contributed by atoms with E-state index in [4.69, 9.17) is 0 Å². The lowest BCUT2D eigenvalue weighted by molar-refractivity contribution is 0.154. The number of aromatic nitrogens is 2. The van der Waals surface area contributed by atoms with E-state index in [1.165, 1.54) is 28.8 Å². The topological polar surface area (TPSA) is 21.1 Å². The molecule has 5 rings (SSSR count). The smallest absolute Gasteiger partial charge is 0.123 e. The maximum absolute atomic E-state index is 13.3. The Morgan fingerprint density at radius 3 is 2.66 bits per heavy atom. The minimum atomic E-state index is -0.219. The second-order valence-electron chi connectivity index (χ2n) is 8.61. The van der Waals surface area contributed by atoms with Gasteiger partial charge in [-0.2, -0.15) is 5.10 Å². The molecule has 2 aliphatic rings. The summed E-state index contributed by atoms with van der Waals surface area (Å²) in [5, 5.41) is 4.62. The first-order chi connectivity index (χ1) is 14.1. The van der Waals surface area contributed by atoms with Gasteiger partial charge < -0.3 is 4.90 Å². The van der Waals surface area contributed by atoms with Gasteiger partial charge in [-0.25, -0.2) is 9.07 Å². The SMILES string of the molecule is C[C@]12Cc3cnn(-c4ccc(F)cc4)c3C=C1CCN(CCc1ccccc1)C2. The molecule has 148 valence electrons. The zero-order chi connectivity index (χ0) is 19.8. The van der Waals surface area contributed by atoms with Crippen molar-refractivity contribution in [1.29, 1.82) is 0 Å². The van der Waals surface area contributed by atoms with Gasteiger partial charge >= 0.3 is 0 Å². The molecule has 1 aliphatic heterocycles. The van der Waals surface area contributed by atoms with E-state index in [-0.39, 0.29) is 11.2 Å². The summed E-state index contributed by atoms with van der Waals surface area (Å²) in [5.74, 6) is -0.219. The fourth-order valence-electron chi connectivity index (χ4n) is 4.85. The molecule has 4 heteroatoms. The number of hydrogen-bond donors (Lipinski definition) is 0. The van der Waals surface area contributed by atoms with E-state index >= 15 is 0 Å². The van der Waals surface area contributed by atoms with Crippen molar-refractivity contribution in [2.75, 3.05) is 19.6 Å². The standard InChI is InChI=1S/C25H26FN3/c1-25-16-20-17-27-29(23-9-7-22(26)8-10-23)24(20)15-21(25)12-14-28(18-25)13-11-19-5-3-2-4-6-19/h2-10,15,17H,11-14,16,18H2,1H3/t25-/m1/s1. The number of likely N-dealkylation sites (tertiary alicyclic amines) is 1. The average Bonchev–Trinajstić information content (AvgIpc) is 3.13. The number of fused-ring (bicyclic) bond motifs is 2. The number of nitrogens with zero attached hydrogens (tertiary/aromatic N) is 3. The lowest BCUT2D eigenvalue weighted by Crippen LogP contribution is -2.46. The highest BCUT2D eigenvalue weighted by atomic mass is 19.1. The van der Waals surface area contributed by atoms with Crippen LogP contribution in [-0.2, 0) is 12.8 Å². The molecular formula is C25H26FN3. The van der Waals surface area contributed by atoms with Crippen LogP contribution in [0.4, 0.5) is 4.39 Å². The summed E-state index contributed by atoms with van der Waals surface area (Å²) in [6, 6.07) is 17.3. The van der Waals surface area contributed by atoms with Crippen LogP contribution in [-0.4, -0.2) is 34.3 Å². The van der Waals surface area contributed by atoms with E-state index < -0.39 is 0 Å². The highest BCUT2D eigenvalue weighted by Crippen LogP contribution is 2.43. The van der Waals surface area contributed by atoms with Gasteiger partial charge in [-0.1, -0.05) is 42.8 Å². The van der Waals surface area contributed by atoms with Crippen LogP contribution < -0.4 is 0 Å². The maximum Gasteiger partial charge on any atom is 0.123 e. The lowest BCUT2D eigenvalue weighted by atomic mass is 9.70.